The minimum atomic E-state index is 0.0631. The Labute approximate surface area is 168 Å². The Morgan fingerprint density at radius 1 is 0.778 bits per heavy atom. The summed E-state index contributed by atoms with van der Waals surface area (Å²) in [4.78, 5) is 12.1. The Hall–Kier alpha value is -0.530. The molecular weight excluding hydrogens is 332 g/mol. The molecule has 0 aromatic rings. The lowest BCUT2D eigenvalue weighted by Crippen LogP contribution is -2.43. The summed E-state index contributed by atoms with van der Waals surface area (Å²) in [5, 5.41) is 0. The van der Waals surface area contributed by atoms with Gasteiger partial charge in [-0.2, -0.15) is 0 Å². The molecule has 2 heteroatoms. The Kier molecular flexibility index (Phi) is 8.52. The van der Waals surface area contributed by atoms with Crippen molar-refractivity contribution in [2.75, 3.05) is 0 Å². The van der Waals surface area contributed by atoms with Crippen LogP contribution >= 0.6 is 0 Å². The van der Waals surface area contributed by atoms with Gasteiger partial charge in [0, 0.05) is 6.42 Å². The summed E-state index contributed by atoms with van der Waals surface area (Å²) in [5.74, 6) is 4.87. The predicted molar refractivity (Wildman–Crippen MR) is 113 cm³/mol. The highest BCUT2D eigenvalue weighted by Gasteiger charge is 2.44. The first-order valence-corrected chi connectivity index (χ1v) is 12.4. The molecule has 0 amide bonds. The van der Waals surface area contributed by atoms with Crippen LogP contribution in [0.15, 0.2) is 0 Å². The van der Waals surface area contributed by atoms with Crippen LogP contribution in [0.5, 0.6) is 0 Å². The topological polar surface area (TPSA) is 26.3 Å². The molecular formula is C25H44O2. The van der Waals surface area contributed by atoms with E-state index in [1.165, 1.54) is 70.6 Å². The van der Waals surface area contributed by atoms with E-state index in [-0.39, 0.29) is 12.1 Å². The maximum atomic E-state index is 12.1. The van der Waals surface area contributed by atoms with E-state index in [9.17, 15) is 4.79 Å². The zero-order valence-electron chi connectivity index (χ0n) is 18.1. The van der Waals surface area contributed by atoms with Gasteiger partial charge in [-0.25, -0.2) is 0 Å². The standard InChI is InChI=1S/C25H44O2/c1-3-5-7-9-19-11-15-23-20(17-19)12-13-21-18-22(14-16-24(21)23)27-25(26)10-8-6-4-2/h19-24H,3-18H2,1-2H3/t19-,20?,21?,22-,23?,24?/m1/s1. The molecule has 6 atom stereocenters. The van der Waals surface area contributed by atoms with Crippen LogP contribution in [0, 0.1) is 29.6 Å². The molecule has 0 heterocycles. The van der Waals surface area contributed by atoms with Crippen LogP contribution in [-0.2, 0) is 9.53 Å². The van der Waals surface area contributed by atoms with Crippen LogP contribution in [0.25, 0.3) is 0 Å². The van der Waals surface area contributed by atoms with Crippen molar-refractivity contribution in [3.05, 3.63) is 0 Å². The largest absolute Gasteiger partial charge is 0.462 e. The van der Waals surface area contributed by atoms with E-state index in [0.717, 1.165) is 55.3 Å². The number of carbonyl (C=O) groups excluding carboxylic acids is 1. The van der Waals surface area contributed by atoms with Crippen molar-refractivity contribution in [2.24, 2.45) is 29.6 Å². The fraction of sp³-hybridized carbons (Fsp3) is 0.960. The maximum Gasteiger partial charge on any atom is 0.306 e. The van der Waals surface area contributed by atoms with E-state index >= 15 is 0 Å². The molecule has 0 N–H and O–H groups in total. The van der Waals surface area contributed by atoms with Crippen LogP contribution in [0.1, 0.15) is 117 Å². The van der Waals surface area contributed by atoms with E-state index in [2.05, 4.69) is 13.8 Å². The Balaban J connectivity index is 1.42. The summed E-state index contributed by atoms with van der Waals surface area (Å²) < 4.78 is 5.86. The summed E-state index contributed by atoms with van der Waals surface area (Å²) in [6, 6.07) is 0. The summed E-state index contributed by atoms with van der Waals surface area (Å²) >= 11 is 0. The number of ether oxygens (including phenoxy) is 1. The highest BCUT2D eigenvalue weighted by Crippen LogP contribution is 2.53. The second-order valence-electron chi connectivity index (χ2n) is 9.98. The van der Waals surface area contributed by atoms with Gasteiger partial charge in [0.1, 0.15) is 6.10 Å². The van der Waals surface area contributed by atoms with Gasteiger partial charge in [-0.3, -0.25) is 4.79 Å². The number of hydrogen-bond donors (Lipinski definition) is 0. The van der Waals surface area contributed by atoms with Crippen molar-refractivity contribution in [2.45, 2.75) is 123 Å². The summed E-state index contributed by atoms with van der Waals surface area (Å²) in [6.45, 7) is 4.50. The van der Waals surface area contributed by atoms with Gasteiger partial charge in [-0.05, 0) is 81.0 Å². The molecule has 0 spiro atoms. The Morgan fingerprint density at radius 2 is 1.44 bits per heavy atom. The molecule has 156 valence electrons. The highest BCUT2D eigenvalue weighted by atomic mass is 16.5. The quantitative estimate of drug-likeness (QED) is 0.312. The van der Waals surface area contributed by atoms with E-state index in [1.54, 1.807) is 0 Å². The number of unbranched alkanes of at least 4 members (excludes halogenated alkanes) is 4. The summed E-state index contributed by atoms with van der Waals surface area (Å²) in [7, 11) is 0. The van der Waals surface area contributed by atoms with Crippen molar-refractivity contribution in [1.82, 2.24) is 0 Å². The molecule has 4 unspecified atom stereocenters. The molecule has 0 radical (unpaired) electrons. The molecule has 3 fully saturated rings. The van der Waals surface area contributed by atoms with Crippen LogP contribution in [-0.4, -0.2) is 12.1 Å². The Bertz CT molecular complexity index is 446. The van der Waals surface area contributed by atoms with Crippen molar-refractivity contribution in [1.29, 1.82) is 0 Å². The first-order valence-electron chi connectivity index (χ1n) is 12.4. The number of hydrogen-bond acceptors (Lipinski definition) is 2. The average Bonchev–Trinajstić information content (AvgIpc) is 2.68. The fourth-order valence-electron chi connectivity index (χ4n) is 6.66. The predicted octanol–water partition coefficient (Wildman–Crippen LogP) is 7.30. The molecule has 3 aliphatic carbocycles. The van der Waals surface area contributed by atoms with Crippen LogP contribution < -0.4 is 0 Å². The highest BCUT2D eigenvalue weighted by molar-refractivity contribution is 5.69. The van der Waals surface area contributed by atoms with Gasteiger partial charge in [0.25, 0.3) is 0 Å². The number of esters is 1. The summed E-state index contributed by atoms with van der Waals surface area (Å²) in [5.41, 5.74) is 0. The second kappa shape index (κ2) is 10.9. The van der Waals surface area contributed by atoms with Gasteiger partial charge >= 0.3 is 5.97 Å². The monoisotopic (exact) mass is 376 g/mol. The van der Waals surface area contributed by atoms with Gasteiger partial charge in [-0.1, -0.05) is 58.8 Å². The lowest BCUT2D eigenvalue weighted by Gasteiger charge is -2.50. The molecule has 2 nitrogen and oxygen atoms in total. The molecule has 3 saturated carbocycles. The molecule has 3 aliphatic rings. The first kappa shape index (κ1) is 21.2. The molecule has 3 rings (SSSR count). The molecule has 0 aromatic carbocycles. The Morgan fingerprint density at radius 3 is 2.19 bits per heavy atom. The number of fused-ring (bicyclic) bond motifs is 3. The van der Waals surface area contributed by atoms with E-state index in [1.807, 2.05) is 0 Å². The SMILES string of the molecule is CCCCCC(=O)O[C@@H]1CCC2C(CCC3C[C@H](CCCCC)CCC32)C1. The minimum Gasteiger partial charge on any atom is -0.462 e. The van der Waals surface area contributed by atoms with Crippen LogP contribution in [0.2, 0.25) is 0 Å². The average molecular weight is 377 g/mol. The van der Waals surface area contributed by atoms with Crippen molar-refractivity contribution in [3.63, 3.8) is 0 Å². The lowest BCUT2D eigenvalue weighted by molar-refractivity contribution is -0.153. The molecule has 0 aromatic heterocycles. The van der Waals surface area contributed by atoms with Gasteiger partial charge in [0.05, 0.1) is 0 Å². The van der Waals surface area contributed by atoms with Crippen molar-refractivity contribution < 1.29 is 9.53 Å². The minimum absolute atomic E-state index is 0.0631. The zero-order valence-corrected chi connectivity index (χ0v) is 18.1. The lowest BCUT2D eigenvalue weighted by atomic mass is 9.56. The third-order valence-corrected chi connectivity index (χ3v) is 8.10. The van der Waals surface area contributed by atoms with E-state index < -0.39 is 0 Å². The first-order chi connectivity index (χ1) is 13.2. The molecule has 0 bridgehead atoms. The van der Waals surface area contributed by atoms with E-state index in [4.69, 9.17) is 4.74 Å². The molecule has 0 saturated heterocycles. The number of carbonyl (C=O) groups is 1. The molecule has 0 aliphatic heterocycles. The number of rotatable bonds is 9. The zero-order chi connectivity index (χ0) is 19.1. The van der Waals surface area contributed by atoms with Gasteiger partial charge in [0.15, 0.2) is 0 Å². The van der Waals surface area contributed by atoms with E-state index in [0.29, 0.717) is 6.42 Å². The second-order valence-corrected chi connectivity index (χ2v) is 9.98. The van der Waals surface area contributed by atoms with Crippen molar-refractivity contribution in [3.8, 4) is 0 Å². The summed E-state index contributed by atoms with van der Waals surface area (Å²) in [6.07, 6.45) is 20.8. The van der Waals surface area contributed by atoms with Gasteiger partial charge in [0.2, 0.25) is 0 Å². The van der Waals surface area contributed by atoms with Gasteiger partial charge < -0.3 is 4.74 Å². The maximum absolute atomic E-state index is 12.1. The van der Waals surface area contributed by atoms with Gasteiger partial charge in [-0.15, -0.1) is 0 Å². The third-order valence-electron chi connectivity index (χ3n) is 8.10. The fourth-order valence-corrected chi connectivity index (χ4v) is 6.66. The normalized spacial score (nSPS) is 35.9. The van der Waals surface area contributed by atoms with Crippen molar-refractivity contribution >= 4 is 5.97 Å². The third kappa shape index (κ3) is 5.97. The van der Waals surface area contributed by atoms with Crippen LogP contribution in [0.4, 0.5) is 0 Å². The molecule has 27 heavy (non-hydrogen) atoms. The smallest absolute Gasteiger partial charge is 0.306 e. The van der Waals surface area contributed by atoms with Crippen LogP contribution in [0.3, 0.4) is 0 Å².